The van der Waals surface area contributed by atoms with E-state index in [0.29, 0.717) is 32.7 Å². The number of halogens is 3. The number of ether oxygens (including phenoxy) is 2. The molecule has 4 nitrogen and oxygen atoms in total. The number of Topliss-reactive ketones (excluding diaryl/α,β-unsaturated/α-hetero) is 1. The van der Waals surface area contributed by atoms with Crippen LogP contribution in [0, 0.1) is 0 Å². The number of carbonyl (C=O) groups excluding carboxylic acids is 2. The molecule has 0 unspecified atom stereocenters. The van der Waals surface area contributed by atoms with E-state index in [1.54, 1.807) is 55.7 Å². The molecule has 1 heterocycles. The highest BCUT2D eigenvalue weighted by atomic mass is 79.9. The van der Waals surface area contributed by atoms with E-state index in [2.05, 4.69) is 47.8 Å². The van der Waals surface area contributed by atoms with Gasteiger partial charge in [-0.2, -0.15) is 0 Å². The Bertz CT molecular complexity index is 1270. The molecule has 0 fully saturated rings. The second kappa shape index (κ2) is 9.57. The van der Waals surface area contributed by atoms with Crippen LogP contribution in [0.1, 0.15) is 21.5 Å². The molecular formula is C25H15Br3O4. The van der Waals surface area contributed by atoms with Gasteiger partial charge in [-0.15, -0.1) is 0 Å². The normalized spacial score (nSPS) is 14.6. The molecule has 0 aromatic heterocycles. The predicted octanol–water partition coefficient (Wildman–Crippen LogP) is 7.22. The van der Waals surface area contributed by atoms with Gasteiger partial charge in [0.15, 0.2) is 0 Å². The average Bonchev–Trinajstić information content (AvgIpc) is 3.10. The van der Waals surface area contributed by atoms with Crippen molar-refractivity contribution in [1.29, 1.82) is 0 Å². The second-order valence-electron chi connectivity index (χ2n) is 6.89. The van der Waals surface area contributed by atoms with E-state index >= 15 is 0 Å². The summed E-state index contributed by atoms with van der Waals surface area (Å²) in [6.45, 7) is 0. The average molecular weight is 619 g/mol. The molecule has 0 aliphatic carbocycles. The summed E-state index contributed by atoms with van der Waals surface area (Å²) in [4.78, 5) is 26.3. The first-order chi connectivity index (χ1) is 15.4. The van der Waals surface area contributed by atoms with Gasteiger partial charge in [-0.3, -0.25) is 4.79 Å². The van der Waals surface area contributed by atoms with E-state index in [9.17, 15) is 9.59 Å². The molecule has 0 saturated heterocycles. The van der Waals surface area contributed by atoms with Crippen molar-refractivity contribution in [3.63, 3.8) is 0 Å². The maximum Gasteiger partial charge on any atom is 0.348 e. The number of rotatable bonds is 5. The van der Waals surface area contributed by atoms with Gasteiger partial charge in [0.2, 0.25) is 5.78 Å². The minimum atomic E-state index is -0.678. The summed E-state index contributed by atoms with van der Waals surface area (Å²) < 4.78 is 13.4. The number of ketones is 1. The fourth-order valence-corrected chi connectivity index (χ4v) is 4.37. The minimum absolute atomic E-state index is 0.00671. The summed E-state index contributed by atoms with van der Waals surface area (Å²) >= 11 is 10.3. The van der Waals surface area contributed by atoms with Crippen molar-refractivity contribution in [2.45, 2.75) is 0 Å². The molecule has 0 N–H and O–H groups in total. The molecule has 0 radical (unpaired) electrons. The van der Waals surface area contributed by atoms with Crippen LogP contribution in [0.5, 0.6) is 5.75 Å². The van der Waals surface area contributed by atoms with Crippen LogP contribution in [0.25, 0.3) is 11.6 Å². The summed E-state index contributed by atoms with van der Waals surface area (Å²) in [5.41, 5.74) is 2.32. The van der Waals surface area contributed by atoms with Gasteiger partial charge in [-0.1, -0.05) is 50.1 Å². The zero-order chi connectivity index (χ0) is 22.8. The highest BCUT2D eigenvalue weighted by molar-refractivity contribution is 9.11. The Balaban J connectivity index is 1.90. The topological polar surface area (TPSA) is 52.6 Å². The molecular weight excluding hydrogens is 604 g/mol. The lowest BCUT2D eigenvalue weighted by Crippen LogP contribution is -2.11. The molecule has 1 aliphatic rings. The Morgan fingerprint density at radius 1 is 0.906 bits per heavy atom. The second-order valence-corrected chi connectivity index (χ2v) is 9.57. The molecule has 3 aromatic rings. The van der Waals surface area contributed by atoms with Crippen LogP contribution in [0.15, 0.2) is 91.5 Å². The Morgan fingerprint density at radius 3 is 2.12 bits per heavy atom. The third-order valence-electron chi connectivity index (χ3n) is 4.84. The van der Waals surface area contributed by atoms with Gasteiger partial charge in [-0.25, -0.2) is 4.79 Å². The van der Waals surface area contributed by atoms with E-state index in [4.69, 9.17) is 9.47 Å². The lowest BCUT2D eigenvalue weighted by atomic mass is 9.93. The summed E-state index contributed by atoms with van der Waals surface area (Å²) in [6, 6.07) is 19.8. The highest BCUT2D eigenvalue weighted by Crippen LogP contribution is 2.40. The van der Waals surface area contributed by atoms with Crippen molar-refractivity contribution >= 4 is 71.2 Å². The number of esters is 1. The molecule has 0 amide bonds. The fourth-order valence-electron chi connectivity index (χ4n) is 3.30. The van der Waals surface area contributed by atoms with Gasteiger partial charge in [-0.05, 0) is 81.7 Å². The quantitative estimate of drug-likeness (QED) is 0.172. The number of allylic oxidation sites excluding steroid dienone is 1. The SMILES string of the molecule is COc1ccc(C2=C(C(=O)c3ccc(Br)cc3)C(=O)O/C2=C\c2ccc(Br)cc2)cc1Br. The molecule has 4 rings (SSSR count). The number of hydrogen-bond acceptors (Lipinski definition) is 4. The maximum atomic E-state index is 13.4. The molecule has 0 bridgehead atoms. The van der Waals surface area contributed by atoms with E-state index in [-0.39, 0.29) is 5.57 Å². The van der Waals surface area contributed by atoms with Crippen LogP contribution in [0.2, 0.25) is 0 Å². The van der Waals surface area contributed by atoms with E-state index in [0.717, 1.165) is 14.5 Å². The molecule has 0 atom stereocenters. The van der Waals surface area contributed by atoms with Crippen molar-refractivity contribution in [3.8, 4) is 5.75 Å². The van der Waals surface area contributed by atoms with Crippen LogP contribution in [-0.4, -0.2) is 18.9 Å². The lowest BCUT2D eigenvalue weighted by molar-refractivity contribution is -0.132. The van der Waals surface area contributed by atoms with Crippen LogP contribution in [0.4, 0.5) is 0 Å². The van der Waals surface area contributed by atoms with Crippen molar-refractivity contribution in [1.82, 2.24) is 0 Å². The molecule has 1 aliphatic heterocycles. The van der Waals surface area contributed by atoms with Crippen molar-refractivity contribution in [2.24, 2.45) is 0 Å². The summed E-state index contributed by atoms with van der Waals surface area (Å²) in [7, 11) is 1.57. The van der Waals surface area contributed by atoms with Gasteiger partial charge in [0, 0.05) is 20.1 Å². The number of methoxy groups -OCH3 is 1. The standard InChI is InChI=1S/C25H15Br3O4/c1-31-20-11-6-16(13-19(20)28)22-21(12-14-2-7-17(26)8-3-14)32-25(30)23(22)24(29)15-4-9-18(27)10-5-15/h2-13H,1H3/b21-12-. The summed E-state index contributed by atoms with van der Waals surface area (Å²) in [5, 5.41) is 0. The summed E-state index contributed by atoms with van der Waals surface area (Å²) in [5.74, 6) is -0.125. The van der Waals surface area contributed by atoms with Crippen LogP contribution in [-0.2, 0) is 9.53 Å². The number of benzene rings is 3. The molecule has 7 heteroatoms. The number of carbonyl (C=O) groups is 2. The Hall–Kier alpha value is -2.48. The maximum absolute atomic E-state index is 13.4. The number of hydrogen-bond donors (Lipinski definition) is 0. The first-order valence-electron chi connectivity index (χ1n) is 9.45. The van der Waals surface area contributed by atoms with Crippen molar-refractivity contribution in [2.75, 3.05) is 7.11 Å². The lowest BCUT2D eigenvalue weighted by Gasteiger charge is -2.09. The van der Waals surface area contributed by atoms with Gasteiger partial charge < -0.3 is 9.47 Å². The first-order valence-corrected chi connectivity index (χ1v) is 11.8. The molecule has 160 valence electrons. The zero-order valence-corrected chi connectivity index (χ0v) is 21.5. The van der Waals surface area contributed by atoms with E-state index < -0.39 is 11.8 Å². The smallest absolute Gasteiger partial charge is 0.348 e. The van der Waals surface area contributed by atoms with Crippen LogP contribution >= 0.6 is 47.8 Å². The fraction of sp³-hybridized carbons (Fsp3) is 0.0400. The first kappa shape index (κ1) is 22.7. The van der Waals surface area contributed by atoms with Gasteiger partial charge in [0.05, 0.1) is 11.6 Å². The number of cyclic esters (lactones) is 1. The van der Waals surface area contributed by atoms with Gasteiger partial charge >= 0.3 is 5.97 Å². The van der Waals surface area contributed by atoms with E-state index in [1.165, 1.54) is 0 Å². The third-order valence-corrected chi connectivity index (χ3v) is 6.52. The van der Waals surface area contributed by atoms with Gasteiger partial charge in [0.1, 0.15) is 17.1 Å². The van der Waals surface area contributed by atoms with Gasteiger partial charge in [0.25, 0.3) is 0 Å². The van der Waals surface area contributed by atoms with Crippen molar-refractivity contribution in [3.05, 3.63) is 108 Å². The Kier molecular flexibility index (Phi) is 6.79. The Labute approximate surface area is 210 Å². The zero-order valence-electron chi connectivity index (χ0n) is 16.7. The summed E-state index contributed by atoms with van der Waals surface area (Å²) in [6.07, 6.45) is 1.75. The van der Waals surface area contributed by atoms with Crippen molar-refractivity contribution < 1.29 is 19.1 Å². The minimum Gasteiger partial charge on any atom is -0.496 e. The highest BCUT2D eigenvalue weighted by Gasteiger charge is 2.36. The van der Waals surface area contributed by atoms with E-state index in [1.807, 2.05) is 24.3 Å². The molecule has 0 spiro atoms. The largest absolute Gasteiger partial charge is 0.496 e. The molecule has 32 heavy (non-hydrogen) atoms. The monoisotopic (exact) mass is 616 g/mol. The van der Waals surface area contributed by atoms with Crippen LogP contribution < -0.4 is 4.74 Å². The third kappa shape index (κ3) is 4.65. The Morgan fingerprint density at radius 2 is 1.53 bits per heavy atom. The predicted molar refractivity (Wildman–Crippen MR) is 134 cm³/mol. The molecule has 3 aromatic carbocycles. The van der Waals surface area contributed by atoms with Crippen LogP contribution in [0.3, 0.4) is 0 Å². The molecule has 0 saturated carbocycles.